The van der Waals surface area contributed by atoms with Gasteiger partial charge < -0.3 is 15.7 Å². The summed E-state index contributed by atoms with van der Waals surface area (Å²) in [5.74, 6) is 0.738. The quantitative estimate of drug-likeness (QED) is 0.230. The molecule has 9 nitrogen and oxygen atoms in total. The molecule has 43 heavy (non-hydrogen) atoms. The number of carbonyl (C=O) groups excluding carboxylic acids is 2. The molecule has 0 aliphatic heterocycles. The molecule has 9 heteroatoms. The summed E-state index contributed by atoms with van der Waals surface area (Å²) in [5.41, 5.74) is 12.4. The van der Waals surface area contributed by atoms with Gasteiger partial charge in [0.2, 0.25) is 0 Å². The molecule has 212 valence electrons. The van der Waals surface area contributed by atoms with Gasteiger partial charge in [0.25, 0.3) is 5.91 Å². The van der Waals surface area contributed by atoms with Crippen molar-refractivity contribution in [3.05, 3.63) is 120 Å². The molecule has 3 N–H and O–H groups in total. The Hall–Kier alpha value is -5.83. The monoisotopic (exact) mass is 568 g/mol. The van der Waals surface area contributed by atoms with E-state index in [1.54, 1.807) is 48.5 Å². The number of likely N-dealkylation sites (N-methyl/N-ethyl adjacent to an activating group) is 1. The number of aromatic hydroxyl groups is 1. The zero-order valence-electron chi connectivity index (χ0n) is 23.4. The third-order valence-corrected chi connectivity index (χ3v) is 7.33. The summed E-state index contributed by atoms with van der Waals surface area (Å²) in [6.07, 6.45) is 2.77. The maximum Gasteiger partial charge on any atom is 0.253 e. The number of nitrogens with two attached hydrogens (primary N) is 1. The highest BCUT2D eigenvalue weighted by Crippen LogP contribution is 2.32. The molecule has 0 saturated heterocycles. The lowest BCUT2D eigenvalue weighted by atomic mass is 10.1. The van der Waals surface area contributed by atoms with Crippen LogP contribution in [0.5, 0.6) is 5.75 Å². The second kappa shape index (κ2) is 11.6. The molecule has 3 heterocycles. The highest BCUT2D eigenvalue weighted by molar-refractivity contribution is 5.94. The number of rotatable bonds is 8. The molecule has 1 amide bonds. The Morgan fingerprint density at radius 3 is 2.47 bits per heavy atom. The molecule has 0 spiro atoms. The van der Waals surface area contributed by atoms with Crippen LogP contribution in [0.2, 0.25) is 0 Å². The molecular weight excluding hydrogens is 540 g/mol. The van der Waals surface area contributed by atoms with Crippen molar-refractivity contribution in [2.45, 2.75) is 6.42 Å². The smallest absolute Gasteiger partial charge is 0.253 e. The standard InChI is InChI=1S/C34H28N6O3/c1-39(19-17-22-9-10-25(21-41)30(42)20-22)34(43)24-11-13-26(14-12-24)40-32(27-8-5-18-36-31(27)35)38-29-16-15-28(37-33(29)40)23-6-3-2-4-7-23/h2-16,18,20-21,42H,17,19H2,1H3,(H2,35,36). The van der Waals surface area contributed by atoms with Gasteiger partial charge in [0.1, 0.15) is 17.1 Å². The van der Waals surface area contributed by atoms with Crippen LogP contribution in [0.4, 0.5) is 5.82 Å². The van der Waals surface area contributed by atoms with Crippen LogP contribution in [-0.2, 0) is 6.42 Å². The van der Waals surface area contributed by atoms with Crippen molar-refractivity contribution in [2.75, 3.05) is 19.3 Å². The number of pyridine rings is 2. The minimum absolute atomic E-state index is 0.0677. The fraction of sp³-hybridized carbons (Fsp3) is 0.0882. The molecule has 0 unspecified atom stereocenters. The second-order valence-corrected chi connectivity index (χ2v) is 10.1. The number of fused-ring (bicyclic) bond motifs is 1. The zero-order chi connectivity index (χ0) is 29.9. The number of phenols is 1. The lowest BCUT2D eigenvalue weighted by Crippen LogP contribution is -2.28. The van der Waals surface area contributed by atoms with Crippen LogP contribution in [0.3, 0.4) is 0 Å². The number of hydrogen-bond donors (Lipinski definition) is 2. The van der Waals surface area contributed by atoms with Gasteiger partial charge in [-0.25, -0.2) is 15.0 Å². The van der Waals surface area contributed by atoms with E-state index in [1.807, 2.05) is 71.3 Å². The Morgan fingerprint density at radius 1 is 0.953 bits per heavy atom. The van der Waals surface area contributed by atoms with Crippen LogP contribution >= 0.6 is 0 Å². The van der Waals surface area contributed by atoms with Crippen LogP contribution in [-0.4, -0.2) is 55.3 Å². The Bertz CT molecular complexity index is 1950. The van der Waals surface area contributed by atoms with Crippen molar-refractivity contribution in [2.24, 2.45) is 0 Å². The third kappa shape index (κ3) is 5.43. The van der Waals surface area contributed by atoms with E-state index in [1.165, 1.54) is 0 Å². The molecule has 6 rings (SSSR count). The van der Waals surface area contributed by atoms with Crippen LogP contribution in [0.1, 0.15) is 26.3 Å². The largest absolute Gasteiger partial charge is 0.507 e. The Balaban J connectivity index is 1.32. The van der Waals surface area contributed by atoms with Gasteiger partial charge in [0.05, 0.1) is 16.8 Å². The fourth-order valence-electron chi connectivity index (χ4n) is 4.98. The highest BCUT2D eigenvalue weighted by atomic mass is 16.3. The number of anilines is 1. The van der Waals surface area contributed by atoms with Crippen LogP contribution in [0.15, 0.2) is 103 Å². The minimum atomic E-state index is -0.142. The van der Waals surface area contributed by atoms with E-state index in [9.17, 15) is 14.7 Å². The first-order valence-electron chi connectivity index (χ1n) is 13.7. The van der Waals surface area contributed by atoms with Crippen LogP contribution in [0, 0.1) is 0 Å². The average molecular weight is 569 g/mol. The van der Waals surface area contributed by atoms with Crippen molar-refractivity contribution < 1.29 is 14.7 Å². The van der Waals surface area contributed by atoms with Gasteiger partial charge in [-0.3, -0.25) is 14.2 Å². The number of benzene rings is 3. The van der Waals surface area contributed by atoms with Gasteiger partial charge in [0.15, 0.2) is 17.8 Å². The summed E-state index contributed by atoms with van der Waals surface area (Å²) in [6.45, 7) is 0.434. The summed E-state index contributed by atoms with van der Waals surface area (Å²) in [6, 6.07) is 29.7. The summed E-state index contributed by atoms with van der Waals surface area (Å²) in [4.78, 5) is 40.0. The molecule has 0 bridgehead atoms. The van der Waals surface area contributed by atoms with Gasteiger partial charge in [-0.05, 0) is 72.6 Å². The number of carbonyl (C=O) groups is 2. The number of phenolic OH excluding ortho intramolecular Hbond substituents is 1. The van der Waals surface area contributed by atoms with E-state index in [2.05, 4.69) is 4.98 Å². The van der Waals surface area contributed by atoms with Crippen molar-refractivity contribution in [3.63, 3.8) is 0 Å². The Labute approximate surface area is 247 Å². The number of hydrogen-bond acceptors (Lipinski definition) is 7. The summed E-state index contributed by atoms with van der Waals surface area (Å²) in [7, 11) is 1.73. The highest BCUT2D eigenvalue weighted by Gasteiger charge is 2.20. The molecule has 0 saturated carbocycles. The number of amides is 1. The Kier molecular flexibility index (Phi) is 7.36. The first-order chi connectivity index (χ1) is 20.9. The van der Waals surface area contributed by atoms with Gasteiger partial charge in [-0.2, -0.15) is 0 Å². The molecule has 0 aliphatic carbocycles. The van der Waals surface area contributed by atoms with Gasteiger partial charge >= 0.3 is 0 Å². The van der Waals surface area contributed by atoms with Crippen molar-refractivity contribution in [3.8, 4) is 34.1 Å². The Morgan fingerprint density at radius 2 is 1.74 bits per heavy atom. The number of nitrogen functional groups attached to an aromatic ring is 1. The molecule has 0 atom stereocenters. The first kappa shape index (κ1) is 27.3. The van der Waals surface area contributed by atoms with Crippen molar-refractivity contribution in [1.82, 2.24) is 24.4 Å². The topological polar surface area (TPSA) is 127 Å². The summed E-state index contributed by atoms with van der Waals surface area (Å²) < 4.78 is 1.93. The molecule has 3 aromatic heterocycles. The molecule has 3 aromatic carbocycles. The van der Waals surface area contributed by atoms with Crippen molar-refractivity contribution in [1.29, 1.82) is 0 Å². The maximum absolute atomic E-state index is 13.3. The van der Waals surface area contributed by atoms with Crippen LogP contribution < -0.4 is 5.73 Å². The van der Waals surface area contributed by atoms with E-state index in [4.69, 9.17) is 15.7 Å². The molecule has 0 fully saturated rings. The number of nitrogens with zero attached hydrogens (tertiary/aromatic N) is 5. The zero-order valence-corrected chi connectivity index (χ0v) is 23.4. The second-order valence-electron chi connectivity index (χ2n) is 10.1. The molecular formula is C34H28N6O3. The van der Waals surface area contributed by atoms with Crippen LogP contribution in [0.25, 0.3) is 39.5 Å². The lowest BCUT2D eigenvalue weighted by Gasteiger charge is -2.18. The third-order valence-electron chi connectivity index (χ3n) is 7.33. The summed E-state index contributed by atoms with van der Waals surface area (Å²) >= 11 is 0. The van der Waals surface area contributed by atoms with E-state index in [0.717, 1.165) is 22.5 Å². The molecule has 0 aliphatic rings. The lowest BCUT2D eigenvalue weighted by molar-refractivity contribution is 0.0796. The SMILES string of the molecule is CN(CCc1ccc(C=O)c(O)c1)C(=O)c1ccc(-n2c(-c3cccnc3N)nc3ccc(-c4ccccc4)nc32)cc1. The van der Waals surface area contributed by atoms with E-state index < -0.39 is 0 Å². The minimum Gasteiger partial charge on any atom is -0.507 e. The number of aldehydes is 1. The fourth-order valence-corrected chi connectivity index (χ4v) is 4.98. The number of aromatic nitrogens is 4. The van der Waals surface area contributed by atoms with Gasteiger partial charge in [0, 0.05) is 36.6 Å². The van der Waals surface area contributed by atoms with E-state index in [-0.39, 0.29) is 17.2 Å². The predicted molar refractivity (Wildman–Crippen MR) is 166 cm³/mol. The predicted octanol–water partition coefficient (Wildman–Crippen LogP) is 5.56. The van der Waals surface area contributed by atoms with Gasteiger partial charge in [-0.15, -0.1) is 0 Å². The van der Waals surface area contributed by atoms with E-state index >= 15 is 0 Å². The normalized spacial score (nSPS) is 11.0. The maximum atomic E-state index is 13.3. The van der Waals surface area contributed by atoms with Gasteiger partial charge in [-0.1, -0.05) is 36.4 Å². The molecule has 6 aromatic rings. The average Bonchev–Trinajstić information content (AvgIpc) is 3.42. The molecule has 0 radical (unpaired) electrons. The van der Waals surface area contributed by atoms with Crippen molar-refractivity contribution >= 4 is 29.2 Å². The number of imidazole rings is 1. The summed E-state index contributed by atoms with van der Waals surface area (Å²) in [5, 5.41) is 9.96. The first-order valence-corrected chi connectivity index (χ1v) is 13.7. The van der Waals surface area contributed by atoms with E-state index in [0.29, 0.717) is 53.2 Å².